The van der Waals surface area contributed by atoms with Gasteiger partial charge in [0.15, 0.2) is 6.61 Å². The van der Waals surface area contributed by atoms with Gasteiger partial charge in [-0.15, -0.1) is 0 Å². The first kappa shape index (κ1) is 12.8. The molecule has 2 N–H and O–H groups in total. The summed E-state index contributed by atoms with van der Waals surface area (Å²) < 4.78 is 4.95. The quantitative estimate of drug-likeness (QED) is 0.827. The molecule has 6 heteroatoms. The first-order valence-corrected chi connectivity index (χ1v) is 4.92. The lowest BCUT2D eigenvalue weighted by Crippen LogP contribution is -2.27. The Labute approximate surface area is 98.8 Å². The van der Waals surface area contributed by atoms with Crippen LogP contribution in [0.15, 0.2) is 24.3 Å². The fourth-order valence-electron chi connectivity index (χ4n) is 1.01. The molecule has 6 nitrogen and oxygen atoms in total. The Hall–Kier alpha value is -2.24. The largest absolute Gasteiger partial charge is 0.482 e. The fraction of sp³-hybridized carbons (Fsp3) is 0.273. The molecule has 0 spiro atoms. The number of urea groups is 1. The van der Waals surface area contributed by atoms with Crippen molar-refractivity contribution in [3.05, 3.63) is 24.3 Å². The molecule has 0 aliphatic rings. The molecule has 0 bridgehead atoms. The van der Waals surface area contributed by atoms with E-state index in [9.17, 15) is 9.59 Å². The molecule has 0 saturated carbocycles. The average molecular weight is 238 g/mol. The molecule has 0 radical (unpaired) electrons. The van der Waals surface area contributed by atoms with Crippen LogP contribution in [-0.2, 0) is 4.79 Å². The van der Waals surface area contributed by atoms with Crippen molar-refractivity contribution in [2.24, 2.45) is 0 Å². The van der Waals surface area contributed by atoms with Gasteiger partial charge >= 0.3 is 12.0 Å². The summed E-state index contributed by atoms with van der Waals surface area (Å²) in [5, 5.41) is 11.1. The number of carbonyl (C=O) groups excluding carboxylic acids is 1. The molecular weight excluding hydrogens is 224 g/mol. The minimum Gasteiger partial charge on any atom is -0.482 e. The molecule has 17 heavy (non-hydrogen) atoms. The maximum atomic E-state index is 11.3. The van der Waals surface area contributed by atoms with E-state index in [1.807, 2.05) is 0 Å². The summed E-state index contributed by atoms with van der Waals surface area (Å²) in [4.78, 5) is 23.0. The number of carboxylic acids is 1. The van der Waals surface area contributed by atoms with Crippen molar-refractivity contribution in [1.82, 2.24) is 4.90 Å². The number of nitrogens with zero attached hydrogens (tertiary/aromatic N) is 1. The second-order valence-corrected chi connectivity index (χ2v) is 3.53. The lowest BCUT2D eigenvalue weighted by atomic mass is 10.3. The first-order valence-electron chi connectivity index (χ1n) is 4.92. The number of carbonyl (C=O) groups is 2. The Morgan fingerprint density at radius 1 is 1.29 bits per heavy atom. The SMILES string of the molecule is CN(C)C(=O)Nc1ccc(OCC(=O)O)cc1. The van der Waals surface area contributed by atoms with Crippen molar-refractivity contribution in [3.63, 3.8) is 0 Å². The molecular formula is C11H14N2O4. The van der Waals surface area contributed by atoms with Crippen LogP contribution in [0.1, 0.15) is 0 Å². The van der Waals surface area contributed by atoms with Gasteiger partial charge in [0.1, 0.15) is 5.75 Å². The Bertz CT molecular complexity index is 400. The van der Waals surface area contributed by atoms with Crippen LogP contribution in [0.3, 0.4) is 0 Å². The summed E-state index contributed by atoms with van der Waals surface area (Å²) in [6.07, 6.45) is 0. The summed E-state index contributed by atoms with van der Waals surface area (Å²) in [6, 6.07) is 6.23. The van der Waals surface area contributed by atoms with Crippen LogP contribution in [0.5, 0.6) is 5.75 Å². The molecule has 1 aromatic carbocycles. The Morgan fingerprint density at radius 3 is 2.35 bits per heavy atom. The molecule has 0 unspecified atom stereocenters. The molecule has 2 amide bonds. The van der Waals surface area contributed by atoms with Gasteiger partial charge < -0.3 is 20.1 Å². The molecule has 0 aliphatic heterocycles. The van der Waals surface area contributed by atoms with Crippen molar-refractivity contribution < 1.29 is 19.4 Å². The monoisotopic (exact) mass is 238 g/mol. The number of nitrogens with one attached hydrogen (secondary N) is 1. The average Bonchev–Trinajstić information content (AvgIpc) is 2.28. The van der Waals surface area contributed by atoms with Gasteiger partial charge in [0.05, 0.1) is 0 Å². The van der Waals surface area contributed by atoms with E-state index in [4.69, 9.17) is 9.84 Å². The van der Waals surface area contributed by atoms with E-state index < -0.39 is 5.97 Å². The second-order valence-electron chi connectivity index (χ2n) is 3.53. The first-order chi connectivity index (χ1) is 7.99. The topological polar surface area (TPSA) is 78.9 Å². The van der Waals surface area contributed by atoms with E-state index >= 15 is 0 Å². The van der Waals surface area contributed by atoms with Crippen molar-refractivity contribution >= 4 is 17.7 Å². The van der Waals surface area contributed by atoms with E-state index in [0.29, 0.717) is 11.4 Å². The number of hydrogen-bond donors (Lipinski definition) is 2. The summed E-state index contributed by atoms with van der Waals surface area (Å²) >= 11 is 0. The molecule has 0 atom stereocenters. The summed E-state index contributed by atoms with van der Waals surface area (Å²) in [6.45, 7) is -0.386. The number of carboxylic acid groups (broad SMARTS) is 1. The van der Waals surface area contributed by atoms with Crippen LogP contribution >= 0.6 is 0 Å². The number of rotatable bonds is 4. The molecule has 0 saturated heterocycles. The molecule has 0 aliphatic carbocycles. The highest BCUT2D eigenvalue weighted by Crippen LogP contribution is 2.15. The lowest BCUT2D eigenvalue weighted by molar-refractivity contribution is -0.139. The molecule has 0 fully saturated rings. The molecule has 92 valence electrons. The van der Waals surface area contributed by atoms with Gasteiger partial charge in [-0.3, -0.25) is 0 Å². The molecule has 1 aromatic rings. The number of anilines is 1. The van der Waals surface area contributed by atoms with Crippen molar-refractivity contribution in [2.45, 2.75) is 0 Å². The number of amides is 2. The number of hydrogen-bond acceptors (Lipinski definition) is 3. The van der Waals surface area contributed by atoms with Crippen molar-refractivity contribution in [1.29, 1.82) is 0 Å². The van der Waals surface area contributed by atoms with Crippen LogP contribution < -0.4 is 10.1 Å². The maximum absolute atomic E-state index is 11.3. The van der Waals surface area contributed by atoms with Crippen LogP contribution in [0, 0.1) is 0 Å². The highest BCUT2D eigenvalue weighted by Gasteiger charge is 2.04. The zero-order chi connectivity index (χ0) is 12.8. The third-order valence-electron chi connectivity index (χ3n) is 1.87. The summed E-state index contributed by atoms with van der Waals surface area (Å²) in [5.74, 6) is -0.592. The van der Waals surface area contributed by atoms with Crippen LogP contribution in [-0.4, -0.2) is 42.7 Å². The van der Waals surface area contributed by atoms with Crippen LogP contribution in [0.2, 0.25) is 0 Å². The van der Waals surface area contributed by atoms with E-state index in [0.717, 1.165) is 0 Å². The highest BCUT2D eigenvalue weighted by molar-refractivity contribution is 5.88. The third kappa shape index (κ3) is 4.42. The van der Waals surface area contributed by atoms with Gasteiger partial charge in [-0.05, 0) is 24.3 Å². The second kappa shape index (κ2) is 5.74. The fourth-order valence-corrected chi connectivity index (χ4v) is 1.01. The Balaban J connectivity index is 2.56. The summed E-state index contributed by atoms with van der Waals surface area (Å²) in [7, 11) is 3.28. The van der Waals surface area contributed by atoms with Crippen molar-refractivity contribution in [3.8, 4) is 5.75 Å². The molecule has 0 heterocycles. The van der Waals surface area contributed by atoms with Crippen LogP contribution in [0.25, 0.3) is 0 Å². The van der Waals surface area contributed by atoms with E-state index in [-0.39, 0.29) is 12.6 Å². The van der Waals surface area contributed by atoms with E-state index in [2.05, 4.69) is 5.32 Å². The van der Waals surface area contributed by atoms with Gasteiger partial charge in [-0.25, -0.2) is 9.59 Å². The van der Waals surface area contributed by atoms with Gasteiger partial charge in [0, 0.05) is 19.8 Å². The van der Waals surface area contributed by atoms with Crippen LogP contribution in [0.4, 0.5) is 10.5 Å². The minimum absolute atomic E-state index is 0.232. The lowest BCUT2D eigenvalue weighted by Gasteiger charge is -2.12. The molecule has 1 rings (SSSR count). The predicted molar refractivity (Wildman–Crippen MR) is 62.3 cm³/mol. The minimum atomic E-state index is -1.03. The predicted octanol–water partition coefficient (Wildman–Crippen LogP) is 1.24. The van der Waals surface area contributed by atoms with Gasteiger partial charge in [0.25, 0.3) is 0 Å². The maximum Gasteiger partial charge on any atom is 0.341 e. The highest BCUT2D eigenvalue weighted by atomic mass is 16.5. The van der Waals surface area contributed by atoms with Gasteiger partial charge in [-0.1, -0.05) is 0 Å². The van der Waals surface area contributed by atoms with Gasteiger partial charge in [-0.2, -0.15) is 0 Å². The molecule has 0 aromatic heterocycles. The standard InChI is InChI=1S/C11H14N2O4/c1-13(2)11(16)12-8-3-5-9(6-4-8)17-7-10(14)15/h3-6H,7H2,1-2H3,(H,12,16)(H,14,15). The van der Waals surface area contributed by atoms with Gasteiger partial charge in [0.2, 0.25) is 0 Å². The van der Waals surface area contributed by atoms with E-state index in [1.54, 1.807) is 38.4 Å². The number of aliphatic carboxylic acids is 1. The normalized spacial score (nSPS) is 9.53. The van der Waals surface area contributed by atoms with Crippen molar-refractivity contribution in [2.75, 3.05) is 26.0 Å². The number of ether oxygens (including phenoxy) is 1. The third-order valence-corrected chi connectivity index (χ3v) is 1.87. The number of benzene rings is 1. The smallest absolute Gasteiger partial charge is 0.341 e. The Morgan fingerprint density at radius 2 is 1.88 bits per heavy atom. The Kier molecular flexibility index (Phi) is 4.33. The zero-order valence-electron chi connectivity index (χ0n) is 9.64. The van der Waals surface area contributed by atoms with E-state index in [1.165, 1.54) is 4.90 Å². The zero-order valence-corrected chi connectivity index (χ0v) is 9.64. The summed E-state index contributed by atoms with van der Waals surface area (Å²) in [5.41, 5.74) is 0.617.